The van der Waals surface area contributed by atoms with Crippen LogP contribution < -0.4 is 0 Å². The highest BCUT2D eigenvalue weighted by atomic mass is 16.6. The summed E-state index contributed by atoms with van der Waals surface area (Å²) >= 11 is 0. The monoisotopic (exact) mass is 359 g/mol. The number of hydrogen-bond donors (Lipinski definition) is 0. The largest absolute Gasteiger partial charge is 0.461 e. The van der Waals surface area contributed by atoms with Crippen LogP contribution in [0.15, 0.2) is 48.5 Å². The first-order valence-corrected chi connectivity index (χ1v) is 7.83. The molecule has 0 aliphatic carbocycles. The molecule has 0 saturated heterocycles. The van der Waals surface area contributed by atoms with E-state index in [1.165, 1.54) is 31.5 Å². The molecule has 7 nitrogen and oxygen atoms in total. The number of carbonyl (C=O) groups excluding carboxylic acids is 2. The van der Waals surface area contributed by atoms with E-state index in [-0.39, 0.29) is 24.2 Å². The zero-order chi connectivity index (χ0) is 19.5. The number of carbonyl (C=O) groups is 2. The third-order valence-corrected chi connectivity index (χ3v) is 3.15. The topological polar surface area (TPSA) is 95.7 Å². The molecule has 0 fully saturated rings. The summed E-state index contributed by atoms with van der Waals surface area (Å²) in [6.07, 6.45) is 0. The van der Waals surface area contributed by atoms with Crippen LogP contribution in [0.4, 0.5) is 5.69 Å². The van der Waals surface area contributed by atoms with Crippen LogP contribution in [-0.4, -0.2) is 16.9 Å². The molecule has 0 radical (unpaired) electrons. The number of benzene rings is 2. The molecule has 0 aliphatic rings. The molecule has 2 rings (SSSR count). The summed E-state index contributed by atoms with van der Waals surface area (Å²) in [5.41, 5.74) is 2.99. The summed E-state index contributed by atoms with van der Waals surface area (Å²) in [6.45, 7) is 5.26. The third-order valence-electron chi connectivity index (χ3n) is 3.15. The fraction of sp³-hybridized carbons (Fsp3) is 0.263. The van der Waals surface area contributed by atoms with E-state index in [1.807, 2.05) is 31.2 Å². The van der Waals surface area contributed by atoms with Gasteiger partial charge in [0.25, 0.3) is 5.69 Å². The van der Waals surface area contributed by atoms with Crippen molar-refractivity contribution in [3.63, 3.8) is 0 Å². The maximum atomic E-state index is 10.5. The molecule has 0 heterocycles. The van der Waals surface area contributed by atoms with Crippen molar-refractivity contribution in [2.24, 2.45) is 0 Å². The van der Waals surface area contributed by atoms with Gasteiger partial charge in [-0.25, -0.2) is 0 Å². The minimum atomic E-state index is -0.477. The highest BCUT2D eigenvalue weighted by molar-refractivity contribution is 5.66. The van der Waals surface area contributed by atoms with Crippen LogP contribution in [0.25, 0.3) is 0 Å². The van der Waals surface area contributed by atoms with E-state index in [0.29, 0.717) is 6.61 Å². The number of nitro groups is 1. The molecule has 0 atom stereocenters. The van der Waals surface area contributed by atoms with Gasteiger partial charge in [0.1, 0.15) is 13.2 Å². The molecule has 26 heavy (non-hydrogen) atoms. The van der Waals surface area contributed by atoms with Gasteiger partial charge in [-0.2, -0.15) is 0 Å². The Morgan fingerprint density at radius 3 is 1.58 bits per heavy atom. The van der Waals surface area contributed by atoms with Gasteiger partial charge in [0.15, 0.2) is 0 Å². The van der Waals surface area contributed by atoms with Gasteiger partial charge < -0.3 is 9.47 Å². The highest BCUT2D eigenvalue weighted by Crippen LogP contribution is 2.12. The zero-order valence-electron chi connectivity index (χ0n) is 14.9. The van der Waals surface area contributed by atoms with E-state index >= 15 is 0 Å². The van der Waals surface area contributed by atoms with Crippen LogP contribution in [0, 0.1) is 17.0 Å². The van der Waals surface area contributed by atoms with Crippen LogP contribution >= 0.6 is 0 Å². The summed E-state index contributed by atoms with van der Waals surface area (Å²) in [6, 6.07) is 13.8. The van der Waals surface area contributed by atoms with Crippen molar-refractivity contribution in [3.8, 4) is 0 Å². The van der Waals surface area contributed by atoms with Crippen LogP contribution in [0.3, 0.4) is 0 Å². The first-order valence-electron chi connectivity index (χ1n) is 7.83. The fourth-order valence-corrected chi connectivity index (χ4v) is 1.77. The van der Waals surface area contributed by atoms with Gasteiger partial charge in [-0.05, 0) is 30.2 Å². The summed E-state index contributed by atoms with van der Waals surface area (Å²) < 4.78 is 9.55. The lowest BCUT2D eigenvalue weighted by atomic mass is 10.2. The Kier molecular flexibility index (Phi) is 8.49. The van der Waals surface area contributed by atoms with Crippen molar-refractivity contribution in [1.82, 2.24) is 0 Å². The van der Waals surface area contributed by atoms with Gasteiger partial charge in [0, 0.05) is 26.0 Å². The molecule has 7 heteroatoms. The third kappa shape index (κ3) is 8.58. The number of aryl methyl sites for hydroxylation is 1. The van der Waals surface area contributed by atoms with Crippen molar-refractivity contribution < 1.29 is 24.0 Å². The number of ether oxygens (including phenoxy) is 2. The average molecular weight is 359 g/mol. The standard InChI is InChI=1S/C10H12O2.C9H9NO4/c1-8-3-5-10(6-4-8)7-12-9(2)11;1-7(11)14-6-8-2-4-9(5-3-8)10(12)13/h3-6H,7H2,1-2H3;2-5H,6H2,1H3. The molecule has 0 spiro atoms. The minimum Gasteiger partial charge on any atom is -0.461 e. The lowest BCUT2D eigenvalue weighted by Crippen LogP contribution is -1.98. The number of non-ortho nitro benzene ring substituents is 1. The molecule has 0 unspecified atom stereocenters. The van der Waals surface area contributed by atoms with Gasteiger partial charge in [0.2, 0.25) is 0 Å². The van der Waals surface area contributed by atoms with E-state index in [1.54, 1.807) is 12.1 Å². The maximum absolute atomic E-state index is 10.5. The average Bonchev–Trinajstić information content (AvgIpc) is 2.60. The summed E-state index contributed by atoms with van der Waals surface area (Å²) in [5.74, 6) is -0.612. The van der Waals surface area contributed by atoms with Crippen molar-refractivity contribution in [2.45, 2.75) is 34.0 Å². The maximum Gasteiger partial charge on any atom is 0.302 e. The van der Waals surface area contributed by atoms with E-state index in [4.69, 9.17) is 9.47 Å². The Morgan fingerprint density at radius 1 is 0.846 bits per heavy atom. The Hall–Kier alpha value is -3.22. The Morgan fingerprint density at radius 2 is 1.23 bits per heavy atom. The van der Waals surface area contributed by atoms with E-state index < -0.39 is 4.92 Å². The quantitative estimate of drug-likeness (QED) is 0.459. The minimum absolute atomic E-state index is 0.0246. The number of esters is 2. The molecule has 0 aliphatic heterocycles. The molecule has 0 amide bonds. The molecule has 0 N–H and O–H groups in total. The van der Waals surface area contributed by atoms with Crippen molar-refractivity contribution in [1.29, 1.82) is 0 Å². The zero-order valence-corrected chi connectivity index (χ0v) is 14.9. The molecular weight excluding hydrogens is 338 g/mol. The summed E-state index contributed by atoms with van der Waals surface area (Å²) in [5, 5.41) is 10.3. The molecule has 138 valence electrons. The van der Waals surface area contributed by atoms with Crippen LogP contribution in [0.1, 0.15) is 30.5 Å². The first kappa shape index (κ1) is 20.8. The first-order chi connectivity index (χ1) is 12.3. The number of nitrogens with zero attached hydrogens (tertiary/aromatic N) is 1. The second-order valence-corrected chi connectivity index (χ2v) is 5.47. The number of nitro benzene ring substituents is 1. The second-order valence-electron chi connectivity index (χ2n) is 5.47. The molecule has 2 aromatic rings. The Labute approximate surface area is 151 Å². The van der Waals surface area contributed by atoms with Gasteiger partial charge >= 0.3 is 11.9 Å². The SMILES string of the molecule is CC(=O)OCc1ccc(C)cc1.CC(=O)OCc1ccc([N+](=O)[O-])cc1. The van der Waals surface area contributed by atoms with Crippen molar-refractivity contribution in [3.05, 3.63) is 75.3 Å². The van der Waals surface area contributed by atoms with Gasteiger partial charge in [-0.3, -0.25) is 19.7 Å². The molecule has 2 aromatic carbocycles. The fourth-order valence-electron chi connectivity index (χ4n) is 1.77. The summed E-state index contributed by atoms with van der Waals surface area (Å²) in [4.78, 5) is 30.7. The number of rotatable bonds is 5. The predicted octanol–water partition coefficient (Wildman–Crippen LogP) is 3.72. The Balaban J connectivity index is 0.000000263. The lowest BCUT2D eigenvalue weighted by molar-refractivity contribution is -0.384. The van der Waals surface area contributed by atoms with E-state index in [0.717, 1.165) is 11.1 Å². The van der Waals surface area contributed by atoms with E-state index in [2.05, 4.69) is 0 Å². The highest BCUT2D eigenvalue weighted by Gasteiger charge is 2.04. The lowest BCUT2D eigenvalue weighted by Gasteiger charge is -2.01. The van der Waals surface area contributed by atoms with Gasteiger partial charge in [-0.15, -0.1) is 0 Å². The normalized spacial score (nSPS) is 9.50. The van der Waals surface area contributed by atoms with Crippen molar-refractivity contribution >= 4 is 17.6 Å². The summed E-state index contributed by atoms with van der Waals surface area (Å²) in [7, 11) is 0. The van der Waals surface area contributed by atoms with Crippen molar-refractivity contribution in [2.75, 3.05) is 0 Å². The molecule has 0 bridgehead atoms. The van der Waals surface area contributed by atoms with Crippen LogP contribution in [0.5, 0.6) is 0 Å². The van der Waals surface area contributed by atoms with Crippen LogP contribution in [-0.2, 0) is 32.3 Å². The number of hydrogen-bond acceptors (Lipinski definition) is 6. The smallest absolute Gasteiger partial charge is 0.302 e. The second kappa shape index (κ2) is 10.6. The molecule has 0 aromatic heterocycles. The predicted molar refractivity (Wildman–Crippen MR) is 95.2 cm³/mol. The van der Waals surface area contributed by atoms with Crippen LogP contribution in [0.2, 0.25) is 0 Å². The van der Waals surface area contributed by atoms with Gasteiger partial charge in [-0.1, -0.05) is 29.8 Å². The van der Waals surface area contributed by atoms with Gasteiger partial charge in [0.05, 0.1) is 4.92 Å². The molecular formula is C19H21NO6. The van der Waals surface area contributed by atoms with E-state index in [9.17, 15) is 19.7 Å². The Bertz CT molecular complexity index is 738. The molecule has 0 saturated carbocycles.